The molecule has 1 fully saturated rings. The zero-order valence-electron chi connectivity index (χ0n) is 9.00. The molecule has 3 nitrogen and oxygen atoms in total. The van der Waals surface area contributed by atoms with Crippen molar-refractivity contribution in [2.24, 2.45) is 0 Å². The van der Waals surface area contributed by atoms with Crippen molar-refractivity contribution in [2.75, 3.05) is 12.8 Å². The Labute approximate surface area is 97.8 Å². The third kappa shape index (κ3) is 2.52. The number of rotatable bonds is 4. The van der Waals surface area contributed by atoms with Crippen LogP contribution in [0.15, 0.2) is 18.3 Å². The molecule has 0 aromatic carbocycles. The molecule has 1 N–H and O–H groups in total. The fraction of sp³-hybridized carbons (Fsp3) is 0.455. The van der Waals surface area contributed by atoms with Gasteiger partial charge in [-0.1, -0.05) is 0 Å². The molecule has 1 aromatic heterocycles. The number of thioether (sulfide) groups is 1. The van der Waals surface area contributed by atoms with Crippen molar-refractivity contribution in [1.82, 2.24) is 10.3 Å². The molecule has 0 spiro atoms. The predicted octanol–water partition coefficient (Wildman–Crippen LogP) is 1.85. The van der Waals surface area contributed by atoms with Gasteiger partial charge < -0.3 is 5.32 Å². The fourth-order valence-electron chi connectivity index (χ4n) is 1.48. The Hall–Kier alpha value is -1.10. The van der Waals surface area contributed by atoms with Gasteiger partial charge in [-0.2, -0.15) is 16.2 Å². The first-order valence-electron chi connectivity index (χ1n) is 5.10. The summed E-state index contributed by atoms with van der Waals surface area (Å²) in [5, 5.41) is 2.83. The van der Waals surface area contributed by atoms with Crippen molar-refractivity contribution in [3.05, 3.63) is 29.8 Å². The van der Waals surface area contributed by atoms with E-state index in [1.54, 1.807) is 11.8 Å². The van der Waals surface area contributed by atoms with Gasteiger partial charge in [0.2, 0.25) is 5.95 Å². The van der Waals surface area contributed by atoms with Crippen LogP contribution in [-0.4, -0.2) is 28.4 Å². The maximum atomic E-state index is 12.8. The second-order valence-corrected chi connectivity index (χ2v) is 5.21. The van der Waals surface area contributed by atoms with Crippen molar-refractivity contribution in [3.8, 4) is 0 Å². The van der Waals surface area contributed by atoms with E-state index in [-0.39, 0.29) is 10.7 Å². The number of carbonyl (C=O) groups is 1. The van der Waals surface area contributed by atoms with Gasteiger partial charge in [-0.3, -0.25) is 4.79 Å². The number of hydrogen-bond acceptors (Lipinski definition) is 3. The number of aromatic nitrogens is 1. The lowest BCUT2D eigenvalue weighted by atomic mass is 10.2. The second kappa shape index (κ2) is 4.41. The number of nitrogens with zero attached hydrogens (tertiary/aromatic N) is 1. The van der Waals surface area contributed by atoms with Crippen LogP contribution in [0.25, 0.3) is 0 Å². The minimum Gasteiger partial charge on any atom is -0.351 e. The van der Waals surface area contributed by atoms with Crippen LogP contribution in [0.1, 0.15) is 23.2 Å². The van der Waals surface area contributed by atoms with E-state index in [4.69, 9.17) is 0 Å². The van der Waals surface area contributed by atoms with E-state index in [9.17, 15) is 9.18 Å². The van der Waals surface area contributed by atoms with Crippen molar-refractivity contribution in [3.63, 3.8) is 0 Å². The third-order valence-corrected chi connectivity index (χ3v) is 4.22. The summed E-state index contributed by atoms with van der Waals surface area (Å²) in [4.78, 5) is 15.1. The van der Waals surface area contributed by atoms with Gasteiger partial charge >= 0.3 is 0 Å². The summed E-state index contributed by atoms with van der Waals surface area (Å²) in [6.07, 6.45) is 5.62. The average molecular weight is 240 g/mol. The Morgan fingerprint density at radius 3 is 3.00 bits per heavy atom. The summed E-state index contributed by atoms with van der Waals surface area (Å²) in [7, 11) is 0. The van der Waals surface area contributed by atoms with Crippen LogP contribution < -0.4 is 5.32 Å². The molecule has 0 bridgehead atoms. The van der Waals surface area contributed by atoms with Gasteiger partial charge in [0, 0.05) is 29.1 Å². The molecule has 0 radical (unpaired) electrons. The van der Waals surface area contributed by atoms with E-state index < -0.39 is 5.95 Å². The summed E-state index contributed by atoms with van der Waals surface area (Å²) < 4.78 is 13.0. The molecule has 1 heterocycles. The SMILES string of the molecule is CSC1(CNC(=O)c2ccnc(F)c2)CC1. The molecule has 86 valence electrons. The van der Waals surface area contributed by atoms with Crippen molar-refractivity contribution < 1.29 is 9.18 Å². The largest absolute Gasteiger partial charge is 0.351 e. The average Bonchev–Trinajstić information content (AvgIpc) is 3.07. The van der Waals surface area contributed by atoms with Crippen molar-refractivity contribution in [1.29, 1.82) is 0 Å². The summed E-state index contributed by atoms with van der Waals surface area (Å²) in [6.45, 7) is 0.650. The van der Waals surface area contributed by atoms with Crippen molar-refractivity contribution >= 4 is 17.7 Å². The van der Waals surface area contributed by atoms with Crippen molar-refractivity contribution in [2.45, 2.75) is 17.6 Å². The second-order valence-electron chi connectivity index (χ2n) is 3.94. The van der Waals surface area contributed by atoms with E-state index in [0.717, 1.165) is 18.9 Å². The molecule has 5 heteroatoms. The highest BCUT2D eigenvalue weighted by Gasteiger charge is 2.41. The molecule has 0 aliphatic heterocycles. The third-order valence-electron chi connectivity index (χ3n) is 2.80. The van der Waals surface area contributed by atoms with Crippen LogP contribution in [0.3, 0.4) is 0 Å². The minimum atomic E-state index is -0.626. The lowest BCUT2D eigenvalue weighted by Crippen LogP contribution is -2.31. The topological polar surface area (TPSA) is 42.0 Å². The first kappa shape index (κ1) is 11.4. The Balaban J connectivity index is 1.93. The fourth-order valence-corrected chi connectivity index (χ4v) is 2.21. The van der Waals surface area contributed by atoms with Crippen LogP contribution in [0.2, 0.25) is 0 Å². The highest BCUT2D eigenvalue weighted by Crippen LogP contribution is 2.46. The number of pyridine rings is 1. The van der Waals surface area contributed by atoms with E-state index in [0.29, 0.717) is 12.1 Å². The molecule has 1 aromatic rings. The Bertz CT molecular complexity index is 407. The number of amides is 1. The van der Waals surface area contributed by atoms with Gasteiger partial charge in [0.25, 0.3) is 5.91 Å². The number of halogens is 1. The Morgan fingerprint density at radius 1 is 1.69 bits per heavy atom. The zero-order valence-corrected chi connectivity index (χ0v) is 9.81. The summed E-state index contributed by atoms with van der Waals surface area (Å²) >= 11 is 1.78. The van der Waals surface area contributed by atoms with Gasteiger partial charge in [0.05, 0.1) is 0 Å². The maximum absolute atomic E-state index is 12.8. The normalized spacial score (nSPS) is 16.9. The van der Waals surface area contributed by atoms with Gasteiger partial charge in [-0.25, -0.2) is 4.98 Å². The predicted molar refractivity (Wildman–Crippen MR) is 62.0 cm³/mol. The Kier molecular flexibility index (Phi) is 3.14. The van der Waals surface area contributed by atoms with Crippen LogP contribution in [0, 0.1) is 5.95 Å². The molecule has 16 heavy (non-hydrogen) atoms. The van der Waals surface area contributed by atoms with E-state index >= 15 is 0 Å². The van der Waals surface area contributed by atoms with Gasteiger partial charge in [0.15, 0.2) is 0 Å². The zero-order chi connectivity index (χ0) is 11.6. The van der Waals surface area contributed by atoms with Crippen LogP contribution in [-0.2, 0) is 0 Å². The molecule has 1 amide bonds. The highest BCUT2D eigenvalue weighted by molar-refractivity contribution is 8.00. The number of hydrogen-bond donors (Lipinski definition) is 1. The lowest BCUT2D eigenvalue weighted by molar-refractivity contribution is 0.0952. The molecule has 0 saturated heterocycles. The standard InChI is InChI=1S/C11H13FN2OS/c1-16-11(3-4-11)7-14-10(15)8-2-5-13-9(12)6-8/h2,5-6H,3-4,7H2,1H3,(H,14,15). The smallest absolute Gasteiger partial charge is 0.251 e. The number of carbonyl (C=O) groups excluding carboxylic acids is 1. The molecular weight excluding hydrogens is 227 g/mol. The van der Waals surface area contributed by atoms with Crippen LogP contribution in [0.5, 0.6) is 0 Å². The van der Waals surface area contributed by atoms with E-state index in [1.165, 1.54) is 12.3 Å². The maximum Gasteiger partial charge on any atom is 0.251 e. The molecule has 2 rings (SSSR count). The first-order chi connectivity index (χ1) is 7.65. The molecule has 0 unspecified atom stereocenters. The minimum absolute atomic E-state index is 0.223. The summed E-state index contributed by atoms with van der Waals surface area (Å²) in [5.41, 5.74) is 0.324. The summed E-state index contributed by atoms with van der Waals surface area (Å²) in [5.74, 6) is -0.861. The quantitative estimate of drug-likeness (QED) is 0.817. The Morgan fingerprint density at radius 2 is 2.44 bits per heavy atom. The van der Waals surface area contributed by atoms with Crippen LogP contribution >= 0.6 is 11.8 Å². The van der Waals surface area contributed by atoms with E-state index in [2.05, 4.69) is 10.3 Å². The summed E-state index contributed by atoms with van der Waals surface area (Å²) in [6, 6.07) is 2.66. The molecule has 0 atom stereocenters. The lowest BCUT2D eigenvalue weighted by Gasteiger charge is -2.12. The number of nitrogens with one attached hydrogen (secondary N) is 1. The van der Waals surface area contributed by atoms with E-state index in [1.807, 2.05) is 6.26 Å². The molecule has 1 saturated carbocycles. The van der Waals surface area contributed by atoms with Gasteiger partial charge in [-0.05, 0) is 25.2 Å². The van der Waals surface area contributed by atoms with Gasteiger partial charge in [0.1, 0.15) is 0 Å². The molecular formula is C11H13FN2OS. The molecule has 1 aliphatic carbocycles. The van der Waals surface area contributed by atoms with Crippen LogP contribution in [0.4, 0.5) is 4.39 Å². The molecule has 1 aliphatic rings. The monoisotopic (exact) mass is 240 g/mol. The first-order valence-corrected chi connectivity index (χ1v) is 6.33. The highest BCUT2D eigenvalue weighted by atomic mass is 32.2. The van der Waals surface area contributed by atoms with Gasteiger partial charge in [-0.15, -0.1) is 0 Å².